The molecule has 0 saturated heterocycles. The zero-order valence-corrected chi connectivity index (χ0v) is 12.3. The van der Waals surface area contributed by atoms with Crippen molar-refractivity contribution in [2.75, 3.05) is 19.1 Å². The van der Waals surface area contributed by atoms with Crippen LogP contribution >= 0.6 is 11.6 Å². The van der Waals surface area contributed by atoms with E-state index in [0.29, 0.717) is 6.54 Å². The van der Waals surface area contributed by atoms with Crippen LogP contribution in [0.25, 0.3) is 0 Å². The van der Waals surface area contributed by atoms with Crippen molar-refractivity contribution >= 4 is 17.3 Å². The van der Waals surface area contributed by atoms with Gasteiger partial charge in [0.2, 0.25) is 0 Å². The van der Waals surface area contributed by atoms with E-state index in [-0.39, 0.29) is 11.7 Å². The first-order valence-electron chi connectivity index (χ1n) is 6.32. The van der Waals surface area contributed by atoms with Crippen LogP contribution in [0.5, 0.6) is 5.75 Å². The van der Waals surface area contributed by atoms with Crippen molar-refractivity contribution in [1.29, 1.82) is 0 Å². The number of ether oxygens (including phenoxy) is 1. The summed E-state index contributed by atoms with van der Waals surface area (Å²) in [6.07, 6.45) is 0. The maximum atomic E-state index is 13.2. The van der Waals surface area contributed by atoms with Gasteiger partial charge in [0.25, 0.3) is 0 Å². The van der Waals surface area contributed by atoms with E-state index in [9.17, 15) is 4.39 Å². The number of hydrogen-bond acceptors (Lipinski definition) is 2. The quantitative estimate of drug-likeness (QED) is 0.766. The number of benzene rings is 2. The SMILES string of the molecule is COc1cccc(CN(C)c2ccc(F)cc2CCl)c1. The Morgan fingerprint density at radius 2 is 2.00 bits per heavy atom. The Hall–Kier alpha value is -1.74. The van der Waals surface area contributed by atoms with E-state index >= 15 is 0 Å². The number of nitrogens with zero attached hydrogens (tertiary/aromatic N) is 1. The number of halogens is 2. The second kappa shape index (κ2) is 6.62. The molecular weight excluding hydrogens is 277 g/mol. The van der Waals surface area contributed by atoms with Gasteiger partial charge < -0.3 is 9.64 Å². The van der Waals surface area contributed by atoms with E-state index in [4.69, 9.17) is 16.3 Å². The van der Waals surface area contributed by atoms with E-state index < -0.39 is 0 Å². The Morgan fingerprint density at radius 1 is 1.20 bits per heavy atom. The molecule has 20 heavy (non-hydrogen) atoms. The third kappa shape index (κ3) is 3.42. The molecule has 2 nitrogen and oxygen atoms in total. The van der Waals surface area contributed by atoms with Crippen LogP contribution in [0.15, 0.2) is 42.5 Å². The molecule has 0 unspecified atom stereocenters. The van der Waals surface area contributed by atoms with Crippen LogP contribution in [0.3, 0.4) is 0 Å². The predicted octanol–water partition coefficient (Wildman–Crippen LogP) is 4.21. The molecule has 0 saturated carbocycles. The van der Waals surface area contributed by atoms with Gasteiger partial charge in [-0.3, -0.25) is 0 Å². The van der Waals surface area contributed by atoms with Gasteiger partial charge in [-0.05, 0) is 41.5 Å². The molecule has 4 heteroatoms. The van der Waals surface area contributed by atoms with Gasteiger partial charge in [0.1, 0.15) is 11.6 Å². The van der Waals surface area contributed by atoms with Crippen LogP contribution in [0.4, 0.5) is 10.1 Å². The van der Waals surface area contributed by atoms with Crippen molar-refractivity contribution in [2.24, 2.45) is 0 Å². The standard InChI is InChI=1S/C16H17ClFNO/c1-19(11-12-4-3-5-15(8-12)20-2)16-7-6-14(18)9-13(16)10-17/h3-9H,10-11H2,1-2H3. The smallest absolute Gasteiger partial charge is 0.123 e. The average Bonchev–Trinajstić information content (AvgIpc) is 2.47. The van der Waals surface area contributed by atoms with Crippen LogP contribution in [-0.4, -0.2) is 14.2 Å². The van der Waals surface area contributed by atoms with Gasteiger partial charge in [-0.1, -0.05) is 12.1 Å². The molecule has 106 valence electrons. The number of anilines is 1. The molecule has 0 aliphatic carbocycles. The minimum Gasteiger partial charge on any atom is -0.497 e. The summed E-state index contributed by atoms with van der Waals surface area (Å²) in [6.45, 7) is 0.701. The van der Waals surface area contributed by atoms with E-state index in [1.807, 2.05) is 36.2 Å². The van der Waals surface area contributed by atoms with Crippen LogP contribution in [0.1, 0.15) is 11.1 Å². The van der Waals surface area contributed by atoms with E-state index in [1.165, 1.54) is 12.1 Å². The molecule has 0 radical (unpaired) electrons. The first-order valence-corrected chi connectivity index (χ1v) is 6.86. The fourth-order valence-corrected chi connectivity index (χ4v) is 2.38. The lowest BCUT2D eigenvalue weighted by Gasteiger charge is -2.22. The van der Waals surface area contributed by atoms with Crippen molar-refractivity contribution in [3.05, 3.63) is 59.4 Å². The lowest BCUT2D eigenvalue weighted by atomic mass is 10.1. The zero-order chi connectivity index (χ0) is 14.5. The molecule has 2 aromatic carbocycles. The van der Waals surface area contributed by atoms with Crippen molar-refractivity contribution in [2.45, 2.75) is 12.4 Å². The molecule has 0 spiro atoms. The number of hydrogen-bond donors (Lipinski definition) is 0. The third-order valence-corrected chi connectivity index (χ3v) is 3.44. The lowest BCUT2D eigenvalue weighted by Crippen LogP contribution is -2.18. The zero-order valence-electron chi connectivity index (χ0n) is 11.6. The Labute approximate surface area is 123 Å². The maximum absolute atomic E-state index is 13.2. The van der Waals surface area contributed by atoms with Crippen molar-refractivity contribution in [1.82, 2.24) is 0 Å². The van der Waals surface area contributed by atoms with E-state index in [2.05, 4.69) is 0 Å². The van der Waals surface area contributed by atoms with E-state index in [1.54, 1.807) is 13.2 Å². The summed E-state index contributed by atoms with van der Waals surface area (Å²) < 4.78 is 18.4. The van der Waals surface area contributed by atoms with Gasteiger partial charge in [-0.15, -0.1) is 11.6 Å². The minimum atomic E-state index is -0.265. The second-order valence-electron chi connectivity index (χ2n) is 4.61. The first-order chi connectivity index (χ1) is 9.63. The van der Waals surface area contributed by atoms with Gasteiger partial charge in [0.05, 0.1) is 7.11 Å². The largest absolute Gasteiger partial charge is 0.497 e. The summed E-state index contributed by atoms with van der Waals surface area (Å²) in [5, 5.41) is 0. The van der Waals surface area contributed by atoms with Gasteiger partial charge in [-0.2, -0.15) is 0 Å². The van der Waals surface area contributed by atoms with Crippen LogP contribution < -0.4 is 9.64 Å². The molecule has 2 aromatic rings. The van der Waals surface area contributed by atoms with Crippen LogP contribution in [0, 0.1) is 5.82 Å². The molecule has 0 bridgehead atoms. The summed E-state index contributed by atoms with van der Waals surface area (Å²) in [4.78, 5) is 2.05. The summed E-state index contributed by atoms with van der Waals surface area (Å²) in [5.74, 6) is 0.849. The highest BCUT2D eigenvalue weighted by atomic mass is 35.5. The van der Waals surface area contributed by atoms with E-state index in [0.717, 1.165) is 22.6 Å². The third-order valence-electron chi connectivity index (χ3n) is 3.15. The normalized spacial score (nSPS) is 10.4. The highest BCUT2D eigenvalue weighted by Gasteiger charge is 2.09. The van der Waals surface area contributed by atoms with Crippen molar-refractivity contribution in [3.63, 3.8) is 0 Å². The van der Waals surface area contributed by atoms with Gasteiger partial charge in [0, 0.05) is 25.2 Å². The first kappa shape index (κ1) is 14.7. The second-order valence-corrected chi connectivity index (χ2v) is 4.88. The van der Waals surface area contributed by atoms with Gasteiger partial charge >= 0.3 is 0 Å². The number of rotatable bonds is 5. The maximum Gasteiger partial charge on any atom is 0.123 e. The van der Waals surface area contributed by atoms with Crippen molar-refractivity contribution < 1.29 is 9.13 Å². The minimum absolute atomic E-state index is 0.265. The molecule has 2 rings (SSSR count). The monoisotopic (exact) mass is 293 g/mol. The molecule has 0 aliphatic rings. The molecule has 0 aliphatic heterocycles. The van der Waals surface area contributed by atoms with Crippen LogP contribution in [0.2, 0.25) is 0 Å². The van der Waals surface area contributed by atoms with Gasteiger partial charge in [-0.25, -0.2) is 4.39 Å². The van der Waals surface area contributed by atoms with Gasteiger partial charge in [0.15, 0.2) is 0 Å². The summed E-state index contributed by atoms with van der Waals surface area (Å²) >= 11 is 5.89. The molecule has 0 aromatic heterocycles. The summed E-state index contributed by atoms with van der Waals surface area (Å²) in [5.41, 5.74) is 2.85. The molecule has 0 heterocycles. The molecule has 0 N–H and O–H groups in total. The number of alkyl halides is 1. The Morgan fingerprint density at radius 3 is 2.70 bits per heavy atom. The topological polar surface area (TPSA) is 12.5 Å². The lowest BCUT2D eigenvalue weighted by molar-refractivity contribution is 0.414. The highest BCUT2D eigenvalue weighted by Crippen LogP contribution is 2.24. The average molecular weight is 294 g/mol. The molecule has 0 fully saturated rings. The van der Waals surface area contributed by atoms with Crippen LogP contribution in [-0.2, 0) is 12.4 Å². The fourth-order valence-electron chi connectivity index (χ4n) is 2.16. The molecule has 0 amide bonds. The predicted molar refractivity (Wildman–Crippen MR) is 81.1 cm³/mol. The Bertz CT molecular complexity index is 588. The number of methoxy groups -OCH3 is 1. The Kier molecular flexibility index (Phi) is 4.85. The summed E-state index contributed by atoms with van der Waals surface area (Å²) in [6, 6.07) is 12.6. The molecule has 0 atom stereocenters. The fraction of sp³-hybridized carbons (Fsp3) is 0.250. The highest BCUT2D eigenvalue weighted by molar-refractivity contribution is 6.17. The molecular formula is C16H17ClFNO. The Balaban J connectivity index is 2.21. The van der Waals surface area contributed by atoms with Crippen molar-refractivity contribution in [3.8, 4) is 5.75 Å². The summed E-state index contributed by atoms with van der Waals surface area (Å²) in [7, 11) is 3.61.